The molecule has 1 aromatic rings. The lowest BCUT2D eigenvalue weighted by Crippen LogP contribution is -2.32. The highest BCUT2D eigenvalue weighted by atomic mass is 32.1. The van der Waals surface area contributed by atoms with Gasteiger partial charge in [0, 0.05) is 6.42 Å². The lowest BCUT2D eigenvalue weighted by Gasteiger charge is -2.03. The molecule has 4 heteroatoms. The molecule has 1 heterocycles. The summed E-state index contributed by atoms with van der Waals surface area (Å²) in [6, 6.07) is 2.63. The predicted octanol–water partition coefficient (Wildman–Crippen LogP) is 1.31. The van der Waals surface area contributed by atoms with Gasteiger partial charge < -0.3 is 5.43 Å². The fraction of sp³-hybridized carbons (Fsp3) is 0.444. The minimum atomic E-state index is 0.532. The number of rotatable bonds is 3. The summed E-state index contributed by atoms with van der Waals surface area (Å²) in [5.74, 6) is 6.29. The van der Waals surface area contributed by atoms with Gasteiger partial charge in [-0.1, -0.05) is 0 Å². The molecule has 3 nitrogen and oxygen atoms in total. The second-order valence-electron chi connectivity index (χ2n) is 3.26. The Labute approximate surface area is 81.6 Å². The number of nitrogens with two attached hydrogens (primary N) is 1. The highest BCUT2D eigenvalue weighted by molar-refractivity contribution is 7.07. The van der Waals surface area contributed by atoms with Gasteiger partial charge in [-0.05, 0) is 35.2 Å². The molecule has 70 valence electrons. The summed E-state index contributed by atoms with van der Waals surface area (Å²) in [5, 5.41) is 4.19. The molecular formula is C9H13N3S. The van der Waals surface area contributed by atoms with E-state index in [0.717, 1.165) is 12.3 Å². The average molecular weight is 195 g/mol. The van der Waals surface area contributed by atoms with Crippen LogP contribution in [0.4, 0.5) is 0 Å². The van der Waals surface area contributed by atoms with Crippen LogP contribution >= 0.6 is 11.3 Å². The molecule has 1 aromatic heterocycles. The highest BCUT2D eigenvalue weighted by Crippen LogP contribution is 2.23. The van der Waals surface area contributed by atoms with Crippen molar-refractivity contribution in [3.8, 4) is 0 Å². The van der Waals surface area contributed by atoms with Gasteiger partial charge in [0.15, 0.2) is 0 Å². The lowest BCUT2D eigenvalue weighted by atomic mass is 10.2. The van der Waals surface area contributed by atoms with Gasteiger partial charge in [0.25, 0.3) is 0 Å². The minimum Gasteiger partial charge on any atom is -0.312 e. The van der Waals surface area contributed by atoms with Gasteiger partial charge in [-0.25, -0.2) is 5.84 Å². The molecular weight excluding hydrogens is 182 g/mol. The van der Waals surface area contributed by atoms with Gasteiger partial charge in [0.2, 0.25) is 0 Å². The third-order valence-corrected chi connectivity index (χ3v) is 2.74. The molecule has 0 saturated heterocycles. The lowest BCUT2D eigenvalue weighted by molar-refractivity contribution is 0.941. The standard InChI is InChI=1S/C9H13N3S/c10-12-9(11-8-1-2-8)5-7-3-4-13-6-7/h3-4,6,8H,1-2,5,10H2,(H,11,12). The van der Waals surface area contributed by atoms with Crippen molar-refractivity contribution in [1.82, 2.24) is 5.43 Å². The van der Waals surface area contributed by atoms with E-state index in [1.807, 2.05) is 0 Å². The molecule has 0 atom stereocenters. The molecule has 3 N–H and O–H groups in total. The molecule has 0 aromatic carbocycles. The first-order chi connectivity index (χ1) is 6.38. The first-order valence-electron chi connectivity index (χ1n) is 4.43. The van der Waals surface area contributed by atoms with E-state index in [4.69, 9.17) is 5.84 Å². The van der Waals surface area contributed by atoms with Crippen molar-refractivity contribution < 1.29 is 0 Å². The fourth-order valence-corrected chi connectivity index (χ4v) is 1.81. The maximum absolute atomic E-state index is 5.39. The monoisotopic (exact) mass is 195 g/mol. The Hall–Kier alpha value is -0.870. The van der Waals surface area contributed by atoms with E-state index in [1.54, 1.807) is 11.3 Å². The van der Waals surface area contributed by atoms with E-state index < -0.39 is 0 Å². The second kappa shape index (κ2) is 3.89. The number of hydrogen-bond donors (Lipinski definition) is 2. The van der Waals surface area contributed by atoms with Gasteiger partial charge in [0.1, 0.15) is 5.84 Å². The van der Waals surface area contributed by atoms with Crippen LogP contribution in [0.15, 0.2) is 21.8 Å². The average Bonchev–Trinajstić information content (AvgIpc) is 2.80. The minimum absolute atomic E-state index is 0.532. The first kappa shape index (κ1) is 8.72. The summed E-state index contributed by atoms with van der Waals surface area (Å²) in [6.45, 7) is 0. The number of nitrogens with zero attached hydrogens (tertiary/aromatic N) is 1. The van der Waals surface area contributed by atoms with Crippen molar-refractivity contribution in [3.63, 3.8) is 0 Å². The summed E-state index contributed by atoms with van der Waals surface area (Å²) in [6.07, 6.45) is 3.26. The van der Waals surface area contributed by atoms with Gasteiger partial charge in [0.05, 0.1) is 6.04 Å². The number of hydrogen-bond acceptors (Lipinski definition) is 3. The number of nitrogens with one attached hydrogen (secondary N) is 1. The zero-order valence-corrected chi connectivity index (χ0v) is 8.18. The van der Waals surface area contributed by atoms with Crippen LogP contribution in [0.2, 0.25) is 0 Å². The van der Waals surface area contributed by atoms with E-state index in [2.05, 4.69) is 27.2 Å². The topological polar surface area (TPSA) is 50.4 Å². The Morgan fingerprint density at radius 3 is 3.08 bits per heavy atom. The fourth-order valence-electron chi connectivity index (χ4n) is 1.14. The smallest absolute Gasteiger partial charge is 0.115 e. The van der Waals surface area contributed by atoms with Crippen LogP contribution in [0.1, 0.15) is 18.4 Å². The van der Waals surface area contributed by atoms with Gasteiger partial charge in [-0.15, -0.1) is 0 Å². The summed E-state index contributed by atoms with van der Waals surface area (Å²) >= 11 is 1.70. The normalized spacial score (nSPS) is 17.5. The molecule has 2 rings (SSSR count). The largest absolute Gasteiger partial charge is 0.312 e. The van der Waals surface area contributed by atoms with Crippen molar-refractivity contribution >= 4 is 17.2 Å². The first-order valence-corrected chi connectivity index (χ1v) is 5.37. The Morgan fingerprint density at radius 1 is 1.69 bits per heavy atom. The molecule has 0 aliphatic heterocycles. The van der Waals surface area contributed by atoms with Crippen molar-refractivity contribution in [2.75, 3.05) is 0 Å². The number of thiophene rings is 1. The number of amidine groups is 1. The molecule has 0 radical (unpaired) electrons. The zero-order valence-electron chi connectivity index (χ0n) is 7.36. The van der Waals surface area contributed by atoms with Crippen LogP contribution in [-0.4, -0.2) is 11.9 Å². The molecule has 0 unspecified atom stereocenters. The Bertz CT molecular complexity index is 288. The predicted molar refractivity (Wildman–Crippen MR) is 55.8 cm³/mol. The summed E-state index contributed by atoms with van der Waals surface area (Å²) in [7, 11) is 0. The summed E-state index contributed by atoms with van der Waals surface area (Å²) in [4.78, 5) is 4.47. The Morgan fingerprint density at radius 2 is 2.54 bits per heavy atom. The maximum Gasteiger partial charge on any atom is 0.115 e. The second-order valence-corrected chi connectivity index (χ2v) is 4.04. The molecule has 1 aliphatic carbocycles. The zero-order chi connectivity index (χ0) is 9.10. The maximum atomic E-state index is 5.39. The van der Waals surface area contributed by atoms with Crippen molar-refractivity contribution in [3.05, 3.63) is 22.4 Å². The molecule has 1 aliphatic rings. The summed E-state index contributed by atoms with van der Waals surface area (Å²) < 4.78 is 0. The SMILES string of the molecule is NNC(Cc1ccsc1)=NC1CC1. The van der Waals surface area contributed by atoms with E-state index in [9.17, 15) is 0 Å². The molecule has 0 bridgehead atoms. The number of aliphatic imine (C=N–C) groups is 1. The van der Waals surface area contributed by atoms with Crippen LogP contribution in [0.5, 0.6) is 0 Å². The molecule has 0 spiro atoms. The highest BCUT2D eigenvalue weighted by Gasteiger charge is 2.20. The number of hydrazine groups is 1. The molecule has 1 saturated carbocycles. The van der Waals surface area contributed by atoms with Crippen LogP contribution in [0, 0.1) is 0 Å². The van der Waals surface area contributed by atoms with Gasteiger partial charge in [-0.2, -0.15) is 11.3 Å². The van der Waals surface area contributed by atoms with E-state index in [0.29, 0.717) is 6.04 Å². The summed E-state index contributed by atoms with van der Waals surface area (Å²) in [5.41, 5.74) is 3.95. The molecule has 1 fully saturated rings. The Balaban J connectivity index is 1.97. The van der Waals surface area contributed by atoms with Gasteiger partial charge in [-0.3, -0.25) is 4.99 Å². The van der Waals surface area contributed by atoms with Crippen LogP contribution in [0.3, 0.4) is 0 Å². The van der Waals surface area contributed by atoms with Gasteiger partial charge >= 0.3 is 0 Å². The van der Waals surface area contributed by atoms with E-state index in [-0.39, 0.29) is 0 Å². The van der Waals surface area contributed by atoms with Crippen LogP contribution < -0.4 is 11.3 Å². The van der Waals surface area contributed by atoms with Crippen LogP contribution in [-0.2, 0) is 6.42 Å². The quantitative estimate of drug-likeness (QED) is 0.331. The van der Waals surface area contributed by atoms with Crippen molar-refractivity contribution in [2.45, 2.75) is 25.3 Å². The molecule has 0 amide bonds. The Kier molecular flexibility index (Phi) is 2.61. The van der Waals surface area contributed by atoms with E-state index >= 15 is 0 Å². The third kappa shape index (κ3) is 2.54. The van der Waals surface area contributed by atoms with Crippen molar-refractivity contribution in [2.24, 2.45) is 10.8 Å². The van der Waals surface area contributed by atoms with Crippen LogP contribution in [0.25, 0.3) is 0 Å². The van der Waals surface area contributed by atoms with Crippen molar-refractivity contribution in [1.29, 1.82) is 0 Å². The third-order valence-electron chi connectivity index (χ3n) is 2.00. The van der Waals surface area contributed by atoms with E-state index in [1.165, 1.54) is 18.4 Å². The molecule has 13 heavy (non-hydrogen) atoms.